The van der Waals surface area contributed by atoms with Crippen molar-refractivity contribution in [2.24, 2.45) is 0 Å². The Bertz CT molecular complexity index is 296. The van der Waals surface area contributed by atoms with E-state index in [1.807, 2.05) is 0 Å². The summed E-state index contributed by atoms with van der Waals surface area (Å²) in [6.07, 6.45) is 3.21. The standard InChI is InChI=1S/C10H12O3/c1-3-12-10(11)8(2)7-9-5-4-6-13-9/h4-7H,3H2,1-2H3/b8-7-. The molecule has 0 bridgehead atoms. The van der Waals surface area contributed by atoms with Crippen LogP contribution in [0.15, 0.2) is 28.4 Å². The summed E-state index contributed by atoms with van der Waals surface area (Å²) in [6, 6.07) is 3.55. The zero-order valence-electron chi connectivity index (χ0n) is 7.74. The van der Waals surface area contributed by atoms with Crippen molar-refractivity contribution in [3.8, 4) is 0 Å². The van der Waals surface area contributed by atoms with Crippen molar-refractivity contribution in [2.45, 2.75) is 13.8 Å². The molecule has 1 aromatic heterocycles. The molecule has 0 N–H and O–H groups in total. The Hall–Kier alpha value is -1.51. The fraction of sp³-hybridized carbons (Fsp3) is 0.300. The Kier molecular flexibility index (Phi) is 3.31. The van der Waals surface area contributed by atoms with Gasteiger partial charge >= 0.3 is 5.97 Å². The lowest BCUT2D eigenvalue weighted by molar-refractivity contribution is -0.138. The maximum absolute atomic E-state index is 11.1. The van der Waals surface area contributed by atoms with Crippen LogP contribution in [0.1, 0.15) is 19.6 Å². The Morgan fingerprint density at radius 1 is 1.69 bits per heavy atom. The third-order valence-corrected chi connectivity index (χ3v) is 1.50. The van der Waals surface area contributed by atoms with Gasteiger partial charge in [0.25, 0.3) is 0 Å². The smallest absolute Gasteiger partial charge is 0.333 e. The molecule has 0 radical (unpaired) electrons. The fourth-order valence-corrected chi connectivity index (χ4v) is 0.891. The second kappa shape index (κ2) is 4.50. The lowest BCUT2D eigenvalue weighted by Crippen LogP contribution is -2.04. The minimum absolute atomic E-state index is 0.307. The first-order valence-corrected chi connectivity index (χ1v) is 4.13. The lowest BCUT2D eigenvalue weighted by atomic mass is 10.2. The van der Waals surface area contributed by atoms with Gasteiger partial charge in [-0.3, -0.25) is 0 Å². The largest absolute Gasteiger partial charge is 0.465 e. The van der Waals surface area contributed by atoms with E-state index in [-0.39, 0.29) is 5.97 Å². The van der Waals surface area contributed by atoms with E-state index in [0.29, 0.717) is 17.9 Å². The van der Waals surface area contributed by atoms with Crippen LogP contribution >= 0.6 is 0 Å². The van der Waals surface area contributed by atoms with Crippen LogP contribution < -0.4 is 0 Å². The van der Waals surface area contributed by atoms with Gasteiger partial charge in [0.15, 0.2) is 0 Å². The van der Waals surface area contributed by atoms with Crippen molar-refractivity contribution in [1.82, 2.24) is 0 Å². The molecule has 70 valence electrons. The average Bonchev–Trinajstić information content (AvgIpc) is 2.57. The van der Waals surface area contributed by atoms with Crippen molar-refractivity contribution in [1.29, 1.82) is 0 Å². The van der Waals surface area contributed by atoms with Gasteiger partial charge in [-0.2, -0.15) is 0 Å². The number of hydrogen-bond acceptors (Lipinski definition) is 3. The second-order valence-corrected chi connectivity index (χ2v) is 2.56. The van der Waals surface area contributed by atoms with Crippen molar-refractivity contribution < 1.29 is 13.9 Å². The molecule has 0 fully saturated rings. The Morgan fingerprint density at radius 3 is 3.00 bits per heavy atom. The van der Waals surface area contributed by atoms with E-state index in [0.717, 1.165) is 0 Å². The van der Waals surface area contributed by atoms with E-state index in [4.69, 9.17) is 9.15 Å². The van der Waals surface area contributed by atoms with Crippen molar-refractivity contribution in [3.05, 3.63) is 29.7 Å². The quantitative estimate of drug-likeness (QED) is 0.529. The first-order chi connectivity index (χ1) is 6.24. The molecule has 0 aliphatic carbocycles. The van der Waals surface area contributed by atoms with E-state index < -0.39 is 0 Å². The maximum Gasteiger partial charge on any atom is 0.333 e. The third-order valence-electron chi connectivity index (χ3n) is 1.50. The van der Waals surface area contributed by atoms with Crippen molar-refractivity contribution >= 4 is 12.0 Å². The SMILES string of the molecule is CCOC(=O)/C(C)=C\c1ccco1. The van der Waals surface area contributed by atoms with Crippen LogP contribution in [0.4, 0.5) is 0 Å². The summed E-state index contributed by atoms with van der Waals surface area (Å²) in [5.74, 6) is 0.351. The average molecular weight is 180 g/mol. The van der Waals surface area contributed by atoms with Crippen LogP contribution in [-0.4, -0.2) is 12.6 Å². The van der Waals surface area contributed by atoms with Crippen LogP contribution in [0.2, 0.25) is 0 Å². The summed E-state index contributed by atoms with van der Waals surface area (Å²) in [7, 11) is 0. The minimum Gasteiger partial charge on any atom is -0.465 e. The molecule has 13 heavy (non-hydrogen) atoms. The van der Waals surface area contributed by atoms with Gasteiger partial charge in [-0.05, 0) is 32.1 Å². The summed E-state index contributed by atoms with van der Waals surface area (Å²) in [6.45, 7) is 3.86. The van der Waals surface area contributed by atoms with Crippen LogP contribution in [0.5, 0.6) is 0 Å². The first kappa shape index (κ1) is 9.58. The molecule has 0 amide bonds. The molecule has 0 saturated carbocycles. The molecule has 0 aromatic carbocycles. The lowest BCUT2D eigenvalue weighted by Gasteiger charge is -1.99. The maximum atomic E-state index is 11.1. The first-order valence-electron chi connectivity index (χ1n) is 4.13. The second-order valence-electron chi connectivity index (χ2n) is 2.56. The van der Waals surface area contributed by atoms with Gasteiger partial charge in [0.1, 0.15) is 5.76 Å². The van der Waals surface area contributed by atoms with Crippen LogP contribution in [0.25, 0.3) is 6.08 Å². The van der Waals surface area contributed by atoms with Gasteiger partial charge in [0.2, 0.25) is 0 Å². The van der Waals surface area contributed by atoms with Crippen molar-refractivity contribution in [2.75, 3.05) is 6.61 Å². The van der Waals surface area contributed by atoms with Gasteiger partial charge in [0, 0.05) is 5.57 Å². The Morgan fingerprint density at radius 2 is 2.46 bits per heavy atom. The summed E-state index contributed by atoms with van der Waals surface area (Å²) >= 11 is 0. The van der Waals surface area contributed by atoms with E-state index in [2.05, 4.69) is 0 Å². The highest BCUT2D eigenvalue weighted by atomic mass is 16.5. The molecule has 0 unspecified atom stereocenters. The van der Waals surface area contributed by atoms with E-state index >= 15 is 0 Å². The summed E-state index contributed by atoms with van der Waals surface area (Å²) in [5.41, 5.74) is 0.539. The summed E-state index contributed by atoms with van der Waals surface area (Å²) in [4.78, 5) is 11.1. The molecule has 0 spiro atoms. The molecule has 3 nitrogen and oxygen atoms in total. The third kappa shape index (κ3) is 2.78. The number of rotatable bonds is 3. The number of carbonyl (C=O) groups excluding carboxylic acids is 1. The number of hydrogen-bond donors (Lipinski definition) is 0. The predicted molar refractivity (Wildman–Crippen MR) is 49.0 cm³/mol. The van der Waals surface area contributed by atoms with Gasteiger partial charge < -0.3 is 9.15 Å². The molecule has 0 atom stereocenters. The highest BCUT2D eigenvalue weighted by Crippen LogP contribution is 2.07. The normalized spacial score (nSPS) is 11.4. The Balaban J connectivity index is 2.66. The fourth-order valence-electron chi connectivity index (χ4n) is 0.891. The Labute approximate surface area is 77.0 Å². The highest BCUT2D eigenvalue weighted by Gasteiger charge is 2.04. The zero-order valence-corrected chi connectivity index (χ0v) is 7.74. The topological polar surface area (TPSA) is 39.4 Å². The molecule has 1 rings (SSSR count). The number of carbonyl (C=O) groups is 1. The molecule has 1 aromatic rings. The van der Waals surface area contributed by atoms with E-state index in [1.54, 1.807) is 38.3 Å². The van der Waals surface area contributed by atoms with Crippen LogP contribution in [-0.2, 0) is 9.53 Å². The molecule has 0 saturated heterocycles. The number of furan rings is 1. The van der Waals surface area contributed by atoms with Crippen LogP contribution in [0.3, 0.4) is 0 Å². The molecule has 0 aliphatic heterocycles. The predicted octanol–water partition coefficient (Wildman–Crippen LogP) is 2.25. The van der Waals surface area contributed by atoms with Crippen molar-refractivity contribution in [3.63, 3.8) is 0 Å². The van der Waals surface area contributed by atoms with Gasteiger partial charge in [-0.15, -0.1) is 0 Å². The van der Waals surface area contributed by atoms with Crippen LogP contribution in [0, 0.1) is 0 Å². The molecular weight excluding hydrogens is 168 g/mol. The highest BCUT2D eigenvalue weighted by molar-refractivity contribution is 5.92. The molecule has 3 heteroatoms. The van der Waals surface area contributed by atoms with Gasteiger partial charge in [-0.25, -0.2) is 4.79 Å². The molecular formula is C10H12O3. The summed E-state index contributed by atoms with van der Waals surface area (Å²) in [5, 5.41) is 0. The van der Waals surface area contributed by atoms with E-state index in [1.165, 1.54) is 0 Å². The molecule has 1 heterocycles. The zero-order chi connectivity index (χ0) is 9.68. The summed E-state index contributed by atoms with van der Waals surface area (Å²) < 4.78 is 9.85. The molecule has 0 aliphatic rings. The monoisotopic (exact) mass is 180 g/mol. The minimum atomic E-state index is -0.307. The van der Waals surface area contributed by atoms with Gasteiger partial charge in [0.05, 0.1) is 12.9 Å². The van der Waals surface area contributed by atoms with E-state index in [9.17, 15) is 4.79 Å². The number of ether oxygens (including phenoxy) is 1. The number of esters is 1. The van der Waals surface area contributed by atoms with Gasteiger partial charge in [-0.1, -0.05) is 0 Å².